The largest absolute Gasteiger partial charge is 2.00 e. The van der Waals surface area contributed by atoms with Gasteiger partial charge in [-0.25, -0.2) is 4.98 Å². The quantitative estimate of drug-likeness (QED) is 0.159. The first-order chi connectivity index (χ1) is 20.4. The first-order valence-electron chi connectivity index (χ1n) is 14.0. The molecule has 3 aromatic rings. The molecule has 226 valence electrons. The molecule has 10 heteroatoms. The smallest absolute Gasteiger partial charge is 0.657 e. The van der Waals surface area contributed by atoms with Crippen LogP contribution in [0.2, 0.25) is 0 Å². The van der Waals surface area contributed by atoms with Gasteiger partial charge in [0.1, 0.15) is 0 Å². The van der Waals surface area contributed by atoms with Crippen LogP contribution in [0.3, 0.4) is 0 Å². The van der Waals surface area contributed by atoms with Gasteiger partial charge in [0.2, 0.25) is 0 Å². The summed E-state index contributed by atoms with van der Waals surface area (Å²) in [7, 11) is 0. The molecular formula is C34H33FeN4O5+. The number of aromatic nitrogens is 4. The molecule has 0 saturated carbocycles. The van der Waals surface area contributed by atoms with Gasteiger partial charge < -0.3 is 20.2 Å². The Hall–Kier alpha value is -4.66. The first-order valence-corrected chi connectivity index (χ1v) is 14.0. The summed E-state index contributed by atoms with van der Waals surface area (Å²) in [4.78, 5) is 37.8. The van der Waals surface area contributed by atoms with Gasteiger partial charge in [-0.15, -0.1) is 22.1 Å². The molecule has 0 amide bonds. The minimum atomic E-state index is -0.958. The molecule has 0 saturated heterocycles. The molecule has 0 unspecified atom stereocenters. The van der Waals surface area contributed by atoms with Crippen molar-refractivity contribution in [2.24, 2.45) is 0 Å². The Balaban J connectivity index is 0.00000442. The zero-order valence-corrected chi connectivity index (χ0v) is 26.1. The van der Waals surface area contributed by atoms with Gasteiger partial charge in [0.25, 0.3) is 11.4 Å². The summed E-state index contributed by atoms with van der Waals surface area (Å²) in [6, 6.07) is 7.26. The van der Waals surface area contributed by atoms with E-state index in [-0.39, 0.29) is 42.8 Å². The molecule has 8 bridgehead atoms. The molecule has 3 N–H and O–H groups in total. The first kappa shape index (κ1) is 32.3. The number of fused-ring (bicyclic) bond motifs is 8. The summed E-state index contributed by atoms with van der Waals surface area (Å²) >= 11 is 0. The van der Waals surface area contributed by atoms with Gasteiger partial charge in [-0.2, -0.15) is 0 Å². The van der Waals surface area contributed by atoms with Crippen molar-refractivity contribution in [2.45, 2.75) is 53.4 Å². The molecule has 0 atom stereocenters. The summed E-state index contributed by atoms with van der Waals surface area (Å²) < 4.78 is 1.04. The third kappa shape index (κ3) is 5.66. The third-order valence-electron chi connectivity index (χ3n) is 8.28. The summed E-state index contributed by atoms with van der Waals surface area (Å²) in [6.07, 6.45) is 3.68. The van der Waals surface area contributed by atoms with Crippen LogP contribution in [0.25, 0.3) is 50.4 Å². The van der Waals surface area contributed by atoms with E-state index in [0.29, 0.717) is 50.3 Å². The number of aliphatic carboxylic acids is 2. The maximum Gasteiger partial charge on any atom is 2.00 e. The van der Waals surface area contributed by atoms with E-state index in [9.17, 15) is 25.0 Å². The average molecular weight is 634 g/mol. The summed E-state index contributed by atoms with van der Waals surface area (Å²) in [6.45, 7) is 15.6. The minimum Gasteiger partial charge on any atom is -0.657 e. The molecule has 0 fully saturated rings. The zero-order chi connectivity index (χ0) is 31.2. The Bertz CT molecular complexity index is 1980. The Kier molecular flexibility index (Phi) is 9.18. The average Bonchev–Trinajstić information content (AvgIpc) is 3.59. The van der Waals surface area contributed by atoms with Gasteiger partial charge in [-0.1, -0.05) is 54.1 Å². The Morgan fingerprint density at radius 3 is 2.02 bits per heavy atom. The van der Waals surface area contributed by atoms with E-state index in [0.717, 1.165) is 43.8 Å². The van der Waals surface area contributed by atoms with Crippen LogP contribution in [0.4, 0.5) is 0 Å². The van der Waals surface area contributed by atoms with Crippen molar-refractivity contribution < 1.29 is 46.8 Å². The molecule has 2 aliphatic rings. The van der Waals surface area contributed by atoms with Gasteiger partial charge >= 0.3 is 29.0 Å². The van der Waals surface area contributed by atoms with Crippen molar-refractivity contribution in [1.29, 1.82) is 0 Å². The maximum absolute atomic E-state index is 11.5. The zero-order valence-electron chi connectivity index (χ0n) is 25.0. The summed E-state index contributed by atoms with van der Waals surface area (Å²) in [5.74, 6) is -1.89. The maximum atomic E-state index is 11.5. The van der Waals surface area contributed by atoms with Crippen molar-refractivity contribution >= 4 is 62.4 Å². The molecule has 3 aromatic heterocycles. The molecule has 0 radical (unpaired) electrons. The number of rotatable bonds is 8. The van der Waals surface area contributed by atoms with Crippen molar-refractivity contribution in [3.05, 3.63) is 88.5 Å². The fourth-order valence-electron chi connectivity index (χ4n) is 5.81. The van der Waals surface area contributed by atoms with Crippen LogP contribution in [0.15, 0.2) is 43.5 Å². The van der Waals surface area contributed by atoms with E-state index >= 15 is 0 Å². The monoisotopic (exact) mass is 633 g/mol. The van der Waals surface area contributed by atoms with Crippen LogP contribution < -0.4 is 14.7 Å². The van der Waals surface area contributed by atoms with Crippen LogP contribution in [0, 0.1) is 13.8 Å². The molecule has 0 spiro atoms. The van der Waals surface area contributed by atoms with E-state index in [1.54, 1.807) is 24.3 Å². The molecule has 2 aliphatic heterocycles. The van der Waals surface area contributed by atoms with Crippen LogP contribution in [-0.4, -0.2) is 32.3 Å². The van der Waals surface area contributed by atoms with Crippen molar-refractivity contribution in [1.82, 2.24) is 15.0 Å². The Morgan fingerprint density at radius 1 is 0.795 bits per heavy atom. The van der Waals surface area contributed by atoms with Crippen LogP contribution in [-0.2, 0) is 33.1 Å². The number of hydrogen-bond acceptors (Lipinski definition) is 4. The SMILES string of the molecule is C=CC1=C(C)c2cc3[n-]c(cc4[n+](O)c(cc5[n-]c(cc1n2)c(C)c5CCC(=O)O)C(CCC(=O)O)=C4C)c(C)c3C=C.[Fe+2]. The van der Waals surface area contributed by atoms with E-state index in [1.807, 2.05) is 39.8 Å². The second-order valence-electron chi connectivity index (χ2n) is 10.8. The number of carboxylic acids is 2. The van der Waals surface area contributed by atoms with Gasteiger partial charge in [-0.05, 0) is 51.7 Å². The molecule has 5 rings (SSSR count). The fourth-order valence-corrected chi connectivity index (χ4v) is 5.81. The number of nitrogens with zero attached hydrogens (tertiary/aromatic N) is 4. The number of carbonyl (C=O) groups is 2. The second-order valence-corrected chi connectivity index (χ2v) is 10.8. The standard InChI is InChI=1S/C34H34N4O5.Fe/c1-7-21-17(3)25-13-29-22(8-2)18(4)27(37-29)15-31-20(6)24(10-12-34(41)42)32(38(31)43)16-30-23(9-11-33(39)40)19(5)26(36-30)14-28(21)35-25;/h7-8,13-16,43H,1-2,9-12H2,3-6H3,(H3,35,36,37,39,40,41,42);/q;+2/p-1. The molecule has 9 nitrogen and oxygen atoms in total. The molecule has 5 heterocycles. The van der Waals surface area contributed by atoms with Gasteiger partial charge in [-0.3, -0.25) is 14.8 Å². The number of aryl methyl sites for hydroxylation is 3. The molecule has 0 aliphatic carbocycles. The summed E-state index contributed by atoms with van der Waals surface area (Å²) in [5, 5.41) is 30.4. The Labute approximate surface area is 265 Å². The predicted octanol–water partition coefficient (Wildman–Crippen LogP) is 5.89. The van der Waals surface area contributed by atoms with E-state index in [4.69, 9.17) is 15.0 Å². The number of carboxylic acid groups (broad SMARTS) is 2. The molecule has 44 heavy (non-hydrogen) atoms. The van der Waals surface area contributed by atoms with Crippen molar-refractivity contribution in [2.75, 3.05) is 0 Å². The van der Waals surface area contributed by atoms with Gasteiger partial charge in [0.15, 0.2) is 0 Å². The fraction of sp³-hybridized carbons (Fsp3) is 0.235. The van der Waals surface area contributed by atoms with E-state index in [1.165, 1.54) is 0 Å². The number of hydrogen-bond donors (Lipinski definition) is 3. The van der Waals surface area contributed by atoms with Crippen LogP contribution >= 0.6 is 0 Å². The van der Waals surface area contributed by atoms with Gasteiger partial charge in [0, 0.05) is 46.4 Å². The molecule has 0 aromatic carbocycles. The number of allylic oxidation sites excluding steroid dienone is 5. The van der Waals surface area contributed by atoms with Gasteiger partial charge in [0.05, 0.1) is 11.4 Å². The minimum absolute atomic E-state index is 0. The third-order valence-corrected chi connectivity index (χ3v) is 8.28. The topological polar surface area (TPSA) is 140 Å². The normalized spacial score (nSPS) is 12.7. The van der Waals surface area contributed by atoms with E-state index < -0.39 is 11.9 Å². The van der Waals surface area contributed by atoms with Crippen molar-refractivity contribution in [3.63, 3.8) is 0 Å². The second kappa shape index (κ2) is 12.5. The van der Waals surface area contributed by atoms with Crippen molar-refractivity contribution in [3.8, 4) is 0 Å². The molecular weight excluding hydrogens is 600 g/mol. The Morgan fingerprint density at radius 2 is 1.39 bits per heavy atom. The van der Waals surface area contributed by atoms with Crippen LogP contribution in [0.1, 0.15) is 78.1 Å². The van der Waals surface area contributed by atoms with E-state index in [2.05, 4.69) is 13.2 Å². The summed E-state index contributed by atoms with van der Waals surface area (Å²) in [5.41, 5.74) is 11.1. The van der Waals surface area contributed by atoms with Crippen LogP contribution in [0.5, 0.6) is 0 Å². The predicted molar refractivity (Wildman–Crippen MR) is 166 cm³/mol.